The predicted octanol–water partition coefficient (Wildman–Crippen LogP) is 2.59. The maximum Gasteiger partial charge on any atom is 0.303 e. The molecule has 6 heteroatoms. The van der Waals surface area contributed by atoms with Gasteiger partial charge in [-0.1, -0.05) is 22.0 Å². The molecule has 0 saturated heterocycles. The molecule has 0 spiro atoms. The van der Waals surface area contributed by atoms with Crippen molar-refractivity contribution in [2.24, 2.45) is 0 Å². The van der Waals surface area contributed by atoms with Crippen molar-refractivity contribution in [3.05, 3.63) is 28.7 Å². The van der Waals surface area contributed by atoms with Gasteiger partial charge in [0, 0.05) is 17.3 Å². The van der Waals surface area contributed by atoms with Gasteiger partial charge in [-0.25, -0.2) is 0 Å². The molecule has 0 aliphatic heterocycles. The Morgan fingerprint density at radius 2 is 2.00 bits per heavy atom. The molecule has 1 amide bonds. The van der Waals surface area contributed by atoms with Crippen LogP contribution in [0.4, 0.5) is 0 Å². The predicted molar refractivity (Wildman–Crippen MR) is 78.8 cm³/mol. The van der Waals surface area contributed by atoms with E-state index in [2.05, 4.69) is 21.2 Å². The van der Waals surface area contributed by atoms with Gasteiger partial charge >= 0.3 is 5.97 Å². The van der Waals surface area contributed by atoms with E-state index in [1.807, 2.05) is 24.3 Å². The number of carboxylic acids is 1. The Morgan fingerprint density at radius 3 is 2.70 bits per heavy atom. The Kier molecular flexibility index (Phi) is 7.72. The van der Waals surface area contributed by atoms with Crippen LogP contribution in [0.2, 0.25) is 0 Å². The number of ether oxygens (including phenoxy) is 1. The van der Waals surface area contributed by atoms with Gasteiger partial charge in [0.1, 0.15) is 12.4 Å². The molecule has 0 heterocycles. The van der Waals surface area contributed by atoms with E-state index in [-0.39, 0.29) is 12.3 Å². The van der Waals surface area contributed by atoms with Crippen LogP contribution in [-0.4, -0.2) is 30.1 Å². The van der Waals surface area contributed by atoms with Crippen molar-refractivity contribution < 1.29 is 19.4 Å². The van der Waals surface area contributed by atoms with Gasteiger partial charge in [0.05, 0.1) is 6.54 Å². The number of benzene rings is 1. The maximum atomic E-state index is 11.4. The number of hydrogen-bond acceptors (Lipinski definition) is 3. The summed E-state index contributed by atoms with van der Waals surface area (Å²) >= 11 is 3.35. The molecule has 0 bridgehead atoms. The summed E-state index contributed by atoms with van der Waals surface area (Å²) in [6.45, 7) is 0.835. The highest BCUT2D eigenvalue weighted by atomic mass is 79.9. The van der Waals surface area contributed by atoms with Crippen molar-refractivity contribution >= 4 is 27.8 Å². The third-order valence-electron chi connectivity index (χ3n) is 2.53. The van der Waals surface area contributed by atoms with Gasteiger partial charge in [0.2, 0.25) is 5.91 Å². The summed E-state index contributed by atoms with van der Waals surface area (Å²) in [5, 5.41) is 11.2. The number of carboxylic acid groups (broad SMARTS) is 1. The summed E-state index contributed by atoms with van der Waals surface area (Å²) in [5.41, 5.74) is 0. The molecule has 0 radical (unpaired) electrons. The van der Waals surface area contributed by atoms with Gasteiger partial charge in [-0.05, 0) is 31.0 Å². The monoisotopic (exact) mass is 343 g/mol. The van der Waals surface area contributed by atoms with Crippen LogP contribution in [0.15, 0.2) is 28.7 Å². The second-order valence-electron chi connectivity index (χ2n) is 4.26. The van der Waals surface area contributed by atoms with E-state index in [0.29, 0.717) is 32.4 Å². The number of carbonyl (C=O) groups is 2. The largest absolute Gasteiger partial charge is 0.492 e. The summed E-state index contributed by atoms with van der Waals surface area (Å²) in [4.78, 5) is 21.7. The summed E-state index contributed by atoms with van der Waals surface area (Å²) in [6.07, 6.45) is 1.57. The lowest BCUT2D eigenvalue weighted by atomic mass is 10.2. The highest BCUT2D eigenvalue weighted by Crippen LogP contribution is 2.17. The highest BCUT2D eigenvalue weighted by molar-refractivity contribution is 9.10. The Labute approximate surface area is 126 Å². The van der Waals surface area contributed by atoms with Crippen LogP contribution in [-0.2, 0) is 9.59 Å². The molecular weight excluding hydrogens is 326 g/mol. The van der Waals surface area contributed by atoms with Crippen LogP contribution >= 0.6 is 15.9 Å². The smallest absolute Gasteiger partial charge is 0.303 e. The third-order valence-corrected chi connectivity index (χ3v) is 3.03. The lowest BCUT2D eigenvalue weighted by Crippen LogP contribution is -2.27. The molecule has 20 heavy (non-hydrogen) atoms. The summed E-state index contributed by atoms with van der Waals surface area (Å²) in [7, 11) is 0. The summed E-state index contributed by atoms with van der Waals surface area (Å²) < 4.78 is 6.41. The van der Waals surface area contributed by atoms with Crippen molar-refractivity contribution in [1.82, 2.24) is 5.32 Å². The number of nitrogens with one attached hydrogen (secondary N) is 1. The SMILES string of the molecule is O=C(O)CCCCC(=O)NCCOc1cccc(Br)c1. The molecule has 0 unspecified atom stereocenters. The highest BCUT2D eigenvalue weighted by Gasteiger charge is 2.02. The fourth-order valence-electron chi connectivity index (χ4n) is 1.57. The standard InChI is InChI=1S/C14H18BrNO4/c15-11-4-3-5-12(10-11)20-9-8-16-13(17)6-1-2-7-14(18)19/h3-5,10H,1-2,6-9H2,(H,16,17)(H,18,19). The van der Waals surface area contributed by atoms with Crippen molar-refractivity contribution in [2.45, 2.75) is 25.7 Å². The van der Waals surface area contributed by atoms with Gasteiger partial charge in [-0.15, -0.1) is 0 Å². The van der Waals surface area contributed by atoms with E-state index in [9.17, 15) is 9.59 Å². The average Bonchev–Trinajstić information content (AvgIpc) is 2.40. The molecule has 1 rings (SSSR count). The van der Waals surface area contributed by atoms with Crippen molar-refractivity contribution in [1.29, 1.82) is 0 Å². The second kappa shape index (κ2) is 9.36. The zero-order valence-corrected chi connectivity index (χ0v) is 12.7. The molecule has 0 aliphatic carbocycles. The first kappa shape index (κ1) is 16.5. The average molecular weight is 344 g/mol. The zero-order chi connectivity index (χ0) is 14.8. The second-order valence-corrected chi connectivity index (χ2v) is 5.17. The number of hydrogen-bond donors (Lipinski definition) is 2. The topological polar surface area (TPSA) is 75.6 Å². The summed E-state index contributed by atoms with van der Waals surface area (Å²) in [5.74, 6) is -0.156. The Balaban J connectivity index is 2.06. The molecule has 0 fully saturated rings. The number of amides is 1. The summed E-state index contributed by atoms with van der Waals surface area (Å²) in [6, 6.07) is 7.48. The Morgan fingerprint density at radius 1 is 1.25 bits per heavy atom. The number of aliphatic carboxylic acids is 1. The van der Waals surface area contributed by atoms with Crippen LogP contribution in [0.25, 0.3) is 0 Å². The van der Waals surface area contributed by atoms with E-state index in [4.69, 9.17) is 9.84 Å². The van der Waals surface area contributed by atoms with Crippen LogP contribution in [0.5, 0.6) is 5.75 Å². The molecule has 0 aliphatic rings. The normalized spacial score (nSPS) is 10.1. The van der Waals surface area contributed by atoms with Crippen LogP contribution in [0.3, 0.4) is 0 Å². The number of rotatable bonds is 9. The minimum Gasteiger partial charge on any atom is -0.492 e. The Hall–Kier alpha value is -1.56. The number of unbranched alkanes of at least 4 members (excludes halogenated alkanes) is 1. The molecule has 110 valence electrons. The fourth-order valence-corrected chi connectivity index (χ4v) is 1.94. The van der Waals surface area contributed by atoms with Crippen LogP contribution in [0, 0.1) is 0 Å². The van der Waals surface area contributed by atoms with Crippen LogP contribution in [0.1, 0.15) is 25.7 Å². The van der Waals surface area contributed by atoms with E-state index in [1.165, 1.54) is 0 Å². The quantitative estimate of drug-likeness (QED) is 0.675. The first-order valence-corrected chi connectivity index (χ1v) is 7.24. The first-order chi connectivity index (χ1) is 9.58. The van der Waals surface area contributed by atoms with E-state index in [0.717, 1.165) is 10.2 Å². The molecule has 5 nitrogen and oxygen atoms in total. The van der Waals surface area contributed by atoms with E-state index < -0.39 is 5.97 Å². The Bertz CT molecular complexity index is 451. The third kappa shape index (κ3) is 7.78. The molecule has 1 aromatic rings. The molecular formula is C14H18BrNO4. The van der Waals surface area contributed by atoms with E-state index >= 15 is 0 Å². The van der Waals surface area contributed by atoms with Gasteiger partial charge in [-0.2, -0.15) is 0 Å². The maximum absolute atomic E-state index is 11.4. The lowest BCUT2D eigenvalue weighted by Gasteiger charge is -2.08. The first-order valence-electron chi connectivity index (χ1n) is 6.45. The molecule has 0 aromatic heterocycles. The molecule has 0 saturated carbocycles. The molecule has 0 atom stereocenters. The molecule has 2 N–H and O–H groups in total. The number of halogens is 1. The lowest BCUT2D eigenvalue weighted by molar-refractivity contribution is -0.137. The van der Waals surface area contributed by atoms with Gasteiger partial charge in [-0.3, -0.25) is 9.59 Å². The minimum atomic E-state index is -0.826. The van der Waals surface area contributed by atoms with Crippen LogP contribution < -0.4 is 10.1 Å². The van der Waals surface area contributed by atoms with E-state index in [1.54, 1.807) is 0 Å². The van der Waals surface area contributed by atoms with Gasteiger partial charge < -0.3 is 15.2 Å². The van der Waals surface area contributed by atoms with Crippen molar-refractivity contribution in [2.75, 3.05) is 13.2 Å². The minimum absolute atomic E-state index is 0.0757. The zero-order valence-electron chi connectivity index (χ0n) is 11.1. The fraction of sp³-hybridized carbons (Fsp3) is 0.429. The van der Waals surface area contributed by atoms with Crippen molar-refractivity contribution in [3.8, 4) is 5.75 Å². The van der Waals surface area contributed by atoms with Crippen molar-refractivity contribution in [3.63, 3.8) is 0 Å². The van der Waals surface area contributed by atoms with Gasteiger partial charge in [0.15, 0.2) is 0 Å². The molecule has 1 aromatic carbocycles. The number of carbonyl (C=O) groups excluding carboxylic acids is 1. The van der Waals surface area contributed by atoms with Gasteiger partial charge in [0.25, 0.3) is 0 Å².